The molecule has 0 saturated carbocycles. The molecular weight excluding hydrogens is 374 g/mol. The molecule has 1 aromatic carbocycles. The largest absolute Gasteiger partial charge is 0.421 e. The van der Waals surface area contributed by atoms with Gasteiger partial charge in [-0.25, -0.2) is 10.5 Å². The smallest absolute Gasteiger partial charge is 0.310 e. The maximum Gasteiger partial charge on any atom is 0.310 e. The molecule has 3 N–H and O–H groups in total. The molecule has 152 valence electrons. The molecule has 1 aliphatic rings. The molecule has 9 nitrogen and oxygen atoms in total. The van der Waals surface area contributed by atoms with Crippen LogP contribution in [0.4, 0.5) is 5.82 Å². The standard InChI is InChI=1S/C20H23N5O4/c1-14(26)29-18(20(27)24-28)9-17-10-22-19(11-21-17)23-16-7-8-25(13-16)12-15-5-3-2-4-6-15/h2-6,9-11,16,28H,7-8,12-13H2,1H3,(H,22,23)(H,24,27)/b18-9+/t16-/m1/s1. The minimum Gasteiger partial charge on any atom is -0.421 e. The van der Waals surface area contributed by atoms with Crippen LogP contribution < -0.4 is 10.8 Å². The number of nitrogens with one attached hydrogen (secondary N) is 2. The lowest BCUT2D eigenvalue weighted by Gasteiger charge is -2.17. The van der Waals surface area contributed by atoms with E-state index in [2.05, 4.69) is 32.3 Å². The van der Waals surface area contributed by atoms with E-state index in [1.807, 2.05) is 18.2 Å². The van der Waals surface area contributed by atoms with E-state index < -0.39 is 11.9 Å². The van der Waals surface area contributed by atoms with Gasteiger partial charge in [0.2, 0.25) is 0 Å². The van der Waals surface area contributed by atoms with Gasteiger partial charge < -0.3 is 10.1 Å². The summed E-state index contributed by atoms with van der Waals surface area (Å²) in [6.07, 6.45) is 5.23. The molecule has 2 heterocycles. The van der Waals surface area contributed by atoms with Crippen LogP contribution >= 0.6 is 0 Å². The predicted octanol–water partition coefficient (Wildman–Crippen LogP) is 1.57. The van der Waals surface area contributed by atoms with Crippen LogP contribution in [-0.4, -0.2) is 51.1 Å². The summed E-state index contributed by atoms with van der Waals surface area (Å²) in [6, 6.07) is 10.6. The zero-order chi connectivity index (χ0) is 20.6. The molecule has 1 aliphatic heterocycles. The van der Waals surface area contributed by atoms with Gasteiger partial charge in [-0.05, 0) is 12.0 Å². The van der Waals surface area contributed by atoms with Crippen LogP contribution in [0.5, 0.6) is 0 Å². The van der Waals surface area contributed by atoms with Gasteiger partial charge in [0.15, 0.2) is 5.76 Å². The van der Waals surface area contributed by atoms with Crippen molar-refractivity contribution in [1.82, 2.24) is 20.3 Å². The number of anilines is 1. The third-order valence-corrected chi connectivity index (χ3v) is 4.40. The number of carbonyl (C=O) groups excluding carboxylic acids is 2. The minimum atomic E-state index is -0.950. The van der Waals surface area contributed by atoms with E-state index in [1.54, 1.807) is 6.20 Å². The van der Waals surface area contributed by atoms with Crippen LogP contribution in [0.1, 0.15) is 24.6 Å². The second-order valence-electron chi connectivity index (χ2n) is 6.72. The van der Waals surface area contributed by atoms with E-state index >= 15 is 0 Å². The number of likely N-dealkylation sites (tertiary alicyclic amines) is 1. The van der Waals surface area contributed by atoms with Crippen molar-refractivity contribution in [3.05, 3.63) is 59.7 Å². The van der Waals surface area contributed by atoms with Crippen molar-refractivity contribution < 1.29 is 19.5 Å². The van der Waals surface area contributed by atoms with Crippen molar-refractivity contribution in [3.8, 4) is 0 Å². The fourth-order valence-electron chi connectivity index (χ4n) is 3.12. The van der Waals surface area contributed by atoms with Gasteiger partial charge in [0.05, 0.1) is 18.1 Å². The van der Waals surface area contributed by atoms with E-state index in [1.165, 1.54) is 23.3 Å². The van der Waals surface area contributed by atoms with E-state index in [0.717, 1.165) is 33.0 Å². The summed E-state index contributed by atoms with van der Waals surface area (Å²) in [5.41, 5.74) is 3.03. The third kappa shape index (κ3) is 6.09. The van der Waals surface area contributed by atoms with Crippen LogP contribution in [0.3, 0.4) is 0 Å². The van der Waals surface area contributed by atoms with Gasteiger partial charge in [0, 0.05) is 38.7 Å². The highest BCUT2D eigenvalue weighted by Gasteiger charge is 2.22. The fraction of sp³-hybridized carbons (Fsp3) is 0.300. The monoisotopic (exact) mass is 397 g/mol. The Hall–Kier alpha value is -3.30. The lowest BCUT2D eigenvalue weighted by molar-refractivity contribution is -0.142. The molecule has 0 unspecified atom stereocenters. The van der Waals surface area contributed by atoms with Crippen LogP contribution in [0.2, 0.25) is 0 Å². The molecule has 1 atom stereocenters. The molecule has 0 bridgehead atoms. The van der Waals surface area contributed by atoms with Gasteiger partial charge in [-0.15, -0.1) is 0 Å². The molecular formula is C20H23N5O4. The summed E-state index contributed by atoms with van der Waals surface area (Å²) in [5.74, 6) is -1.39. The number of ether oxygens (including phenoxy) is 1. The Morgan fingerprint density at radius 1 is 1.28 bits per heavy atom. The maximum atomic E-state index is 11.5. The van der Waals surface area contributed by atoms with Crippen LogP contribution in [0.15, 0.2) is 48.5 Å². The zero-order valence-electron chi connectivity index (χ0n) is 16.0. The fourth-order valence-corrected chi connectivity index (χ4v) is 3.12. The summed E-state index contributed by atoms with van der Waals surface area (Å²) in [4.78, 5) is 33.5. The van der Waals surface area contributed by atoms with Crippen molar-refractivity contribution in [2.45, 2.75) is 25.9 Å². The van der Waals surface area contributed by atoms with Gasteiger partial charge in [0.1, 0.15) is 5.82 Å². The number of esters is 1. The maximum absolute atomic E-state index is 11.5. The van der Waals surface area contributed by atoms with Crippen LogP contribution in [-0.2, 0) is 20.9 Å². The number of hydrogen-bond donors (Lipinski definition) is 3. The lowest BCUT2D eigenvalue weighted by Crippen LogP contribution is -2.26. The quantitative estimate of drug-likeness (QED) is 0.212. The van der Waals surface area contributed by atoms with Crippen LogP contribution in [0, 0.1) is 0 Å². The van der Waals surface area contributed by atoms with E-state index in [0.29, 0.717) is 11.5 Å². The number of amides is 1. The average Bonchev–Trinajstić information content (AvgIpc) is 3.15. The van der Waals surface area contributed by atoms with Crippen molar-refractivity contribution in [3.63, 3.8) is 0 Å². The Morgan fingerprint density at radius 3 is 2.72 bits per heavy atom. The van der Waals surface area contributed by atoms with Gasteiger partial charge in [0.25, 0.3) is 0 Å². The van der Waals surface area contributed by atoms with Crippen molar-refractivity contribution in [2.24, 2.45) is 0 Å². The number of hydrogen-bond acceptors (Lipinski definition) is 8. The molecule has 1 saturated heterocycles. The van der Waals surface area contributed by atoms with Gasteiger partial charge >= 0.3 is 11.9 Å². The topological polar surface area (TPSA) is 117 Å². The molecule has 0 aliphatic carbocycles. The Labute approximate surface area is 168 Å². The molecule has 1 amide bonds. The van der Waals surface area contributed by atoms with Crippen molar-refractivity contribution >= 4 is 23.8 Å². The first-order chi connectivity index (χ1) is 14.0. The number of benzene rings is 1. The van der Waals surface area contributed by atoms with E-state index in [-0.39, 0.29) is 11.8 Å². The molecule has 0 spiro atoms. The first-order valence-electron chi connectivity index (χ1n) is 9.23. The number of hydroxylamine groups is 1. The van der Waals surface area contributed by atoms with Crippen molar-refractivity contribution in [2.75, 3.05) is 18.4 Å². The van der Waals surface area contributed by atoms with E-state index in [4.69, 9.17) is 9.94 Å². The summed E-state index contributed by atoms with van der Waals surface area (Å²) in [5, 5.41) is 12.1. The van der Waals surface area contributed by atoms with Gasteiger partial charge in [-0.2, -0.15) is 0 Å². The Morgan fingerprint density at radius 2 is 2.07 bits per heavy atom. The second kappa shape index (κ2) is 9.76. The summed E-state index contributed by atoms with van der Waals surface area (Å²) in [6.45, 7) is 3.98. The minimum absolute atomic E-state index is 0.270. The first kappa shape index (κ1) is 20.4. The molecule has 2 aromatic rings. The molecule has 3 rings (SSSR count). The van der Waals surface area contributed by atoms with Gasteiger partial charge in [-0.3, -0.25) is 24.7 Å². The summed E-state index contributed by atoms with van der Waals surface area (Å²) >= 11 is 0. The molecule has 9 heteroatoms. The highest BCUT2D eigenvalue weighted by Crippen LogP contribution is 2.17. The predicted molar refractivity (Wildman–Crippen MR) is 105 cm³/mol. The summed E-state index contributed by atoms with van der Waals surface area (Å²) < 4.78 is 4.77. The number of rotatable bonds is 7. The zero-order valence-corrected chi connectivity index (χ0v) is 16.0. The van der Waals surface area contributed by atoms with E-state index in [9.17, 15) is 9.59 Å². The molecule has 1 fully saturated rings. The normalized spacial score (nSPS) is 17.0. The molecule has 1 aromatic heterocycles. The third-order valence-electron chi connectivity index (χ3n) is 4.40. The highest BCUT2D eigenvalue weighted by atomic mass is 16.5. The number of aromatic nitrogens is 2. The number of nitrogens with zero attached hydrogens (tertiary/aromatic N) is 3. The lowest BCUT2D eigenvalue weighted by atomic mass is 10.2. The average molecular weight is 397 g/mol. The first-order valence-corrected chi connectivity index (χ1v) is 9.23. The summed E-state index contributed by atoms with van der Waals surface area (Å²) in [7, 11) is 0. The molecule has 0 radical (unpaired) electrons. The second-order valence-corrected chi connectivity index (χ2v) is 6.72. The number of carbonyl (C=O) groups is 2. The Balaban J connectivity index is 1.57. The highest BCUT2D eigenvalue weighted by molar-refractivity contribution is 5.96. The van der Waals surface area contributed by atoms with Crippen LogP contribution in [0.25, 0.3) is 6.08 Å². The van der Waals surface area contributed by atoms with Gasteiger partial charge in [-0.1, -0.05) is 30.3 Å². The SMILES string of the molecule is CC(=O)O/C(=C/c1cnc(N[C@@H]2CCN(Cc3ccccc3)C2)cn1)C(=O)NO. The Bertz CT molecular complexity index is 870. The molecule has 29 heavy (non-hydrogen) atoms. The van der Waals surface area contributed by atoms with Crippen molar-refractivity contribution in [1.29, 1.82) is 0 Å². The Kier molecular flexibility index (Phi) is 6.88.